The molecule has 3 unspecified atom stereocenters. The van der Waals surface area contributed by atoms with Gasteiger partial charge in [-0.05, 0) is 31.6 Å². The van der Waals surface area contributed by atoms with Crippen LogP contribution in [0.1, 0.15) is 32.1 Å². The lowest BCUT2D eigenvalue weighted by Crippen LogP contribution is -2.25. The second-order valence-electron chi connectivity index (χ2n) is 4.34. The van der Waals surface area contributed by atoms with Crippen LogP contribution in [-0.4, -0.2) is 35.5 Å². The molecule has 0 amide bonds. The Morgan fingerprint density at radius 1 is 1.40 bits per heavy atom. The van der Waals surface area contributed by atoms with Gasteiger partial charge in [-0.2, -0.15) is 0 Å². The van der Waals surface area contributed by atoms with Crippen molar-refractivity contribution in [2.45, 2.75) is 38.1 Å². The van der Waals surface area contributed by atoms with E-state index < -0.39 is 10.8 Å². The predicted octanol–water partition coefficient (Wildman–Crippen LogP) is 1.29. The summed E-state index contributed by atoms with van der Waals surface area (Å²) < 4.78 is 16.5. The Kier molecular flexibility index (Phi) is 6.45. The summed E-state index contributed by atoms with van der Waals surface area (Å²) in [6.45, 7) is 0.717. The average molecular weight is 233 g/mol. The van der Waals surface area contributed by atoms with Gasteiger partial charge < -0.3 is 10.5 Å². The van der Waals surface area contributed by atoms with Gasteiger partial charge >= 0.3 is 0 Å². The van der Waals surface area contributed by atoms with Gasteiger partial charge in [0.2, 0.25) is 0 Å². The Morgan fingerprint density at radius 2 is 2.20 bits per heavy atom. The van der Waals surface area contributed by atoms with Crippen LogP contribution in [-0.2, 0) is 15.5 Å². The molecule has 1 aliphatic carbocycles. The lowest BCUT2D eigenvalue weighted by Gasteiger charge is -2.14. The van der Waals surface area contributed by atoms with Gasteiger partial charge in [0.15, 0.2) is 0 Å². The molecule has 0 aromatic rings. The SMILES string of the molecule is COCCCS(=O)CCC1CCCC1N. The fourth-order valence-electron chi connectivity index (χ4n) is 2.17. The van der Waals surface area contributed by atoms with E-state index in [1.807, 2.05) is 0 Å². The molecule has 1 fully saturated rings. The van der Waals surface area contributed by atoms with E-state index >= 15 is 0 Å². The first-order valence-electron chi connectivity index (χ1n) is 5.83. The van der Waals surface area contributed by atoms with Crippen LogP contribution in [0.2, 0.25) is 0 Å². The minimum Gasteiger partial charge on any atom is -0.385 e. The summed E-state index contributed by atoms with van der Waals surface area (Å²) in [5.41, 5.74) is 5.97. The normalized spacial score (nSPS) is 28.1. The molecule has 0 heterocycles. The Hall–Kier alpha value is 0.0700. The topological polar surface area (TPSA) is 52.3 Å². The molecule has 1 rings (SSSR count). The van der Waals surface area contributed by atoms with Gasteiger partial charge in [-0.1, -0.05) is 6.42 Å². The molecule has 1 saturated carbocycles. The van der Waals surface area contributed by atoms with Gasteiger partial charge in [0.25, 0.3) is 0 Å². The van der Waals surface area contributed by atoms with Crippen LogP contribution in [0.4, 0.5) is 0 Å². The van der Waals surface area contributed by atoms with Gasteiger partial charge in [0.05, 0.1) is 0 Å². The number of ether oxygens (including phenoxy) is 1. The van der Waals surface area contributed by atoms with Gasteiger partial charge in [-0.3, -0.25) is 4.21 Å². The van der Waals surface area contributed by atoms with Gasteiger partial charge in [0, 0.05) is 42.1 Å². The van der Waals surface area contributed by atoms with Gasteiger partial charge in [0.1, 0.15) is 0 Å². The molecule has 15 heavy (non-hydrogen) atoms. The molecule has 4 heteroatoms. The van der Waals surface area contributed by atoms with Crippen molar-refractivity contribution in [2.75, 3.05) is 25.2 Å². The first kappa shape index (κ1) is 13.1. The maximum atomic E-state index is 11.6. The van der Waals surface area contributed by atoms with E-state index in [4.69, 9.17) is 10.5 Å². The molecule has 0 saturated heterocycles. The largest absolute Gasteiger partial charge is 0.385 e. The molecular weight excluding hydrogens is 210 g/mol. The molecule has 90 valence electrons. The van der Waals surface area contributed by atoms with Gasteiger partial charge in [-0.15, -0.1) is 0 Å². The maximum Gasteiger partial charge on any atom is 0.0471 e. The highest BCUT2D eigenvalue weighted by molar-refractivity contribution is 7.84. The summed E-state index contributed by atoms with van der Waals surface area (Å²) in [7, 11) is 1.01. The molecule has 3 atom stereocenters. The van der Waals surface area contributed by atoms with Crippen molar-refractivity contribution in [3.63, 3.8) is 0 Å². The molecule has 0 aromatic heterocycles. The summed E-state index contributed by atoms with van der Waals surface area (Å²) in [5.74, 6) is 2.22. The van der Waals surface area contributed by atoms with Crippen molar-refractivity contribution >= 4 is 10.8 Å². The first-order chi connectivity index (χ1) is 7.24. The van der Waals surface area contributed by atoms with Crippen molar-refractivity contribution in [3.05, 3.63) is 0 Å². The molecule has 0 aliphatic heterocycles. The standard InChI is InChI=1S/C11H23NO2S/c1-14-7-3-8-15(13)9-6-10-4-2-5-11(10)12/h10-11H,2-9,12H2,1H3. The number of hydrogen-bond donors (Lipinski definition) is 1. The van der Waals surface area contributed by atoms with Crippen LogP contribution < -0.4 is 5.73 Å². The predicted molar refractivity (Wildman–Crippen MR) is 64.3 cm³/mol. The molecular formula is C11H23NO2S. The minimum atomic E-state index is -0.668. The Bertz CT molecular complexity index is 199. The molecule has 0 aromatic carbocycles. The van der Waals surface area contributed by atoms with Crippen LogP contribution >= 0.6 is 0 Å². The smallest absolute Gasteiger partial charge is 0.0471 e. The lowest BCUT2D eigenvalue weighted by molar-refractivity contribution is 0.200. The molecule has 1 aliphatic rings. The van der Waals surface area contributed by atoms with Crippen LogP contribution in [0.3, 0.4) is 0 Å². The maximum absolute atomic E-state index is 11.6. The molecule has 2 N–H and O–H groups in total. The van der Waals surface area contributed by atoms with E-state index in [9.17, 15) is 4.21 Å². The van der Waals surface area contributed by atoms with E-state index in [1.54, 1.807) is 7.11 Å². The van der Waals surface area contributed by atoms with Crippen molar-refractivity contribution in [3.8, 4) is 0 Å². The van der Waals surface area contributed by atoms with Gasteiger partial charge in [-0.25, -0.2) is 0 Å². The third-order valence-electron chi connectivity index (χ3n) is 3.15. The van der Waals surface area contributed by atoms with E-state index in [0.717, 1.165) is 30.8 Å². The molecule has 3 nitrogen and oxygen atoms in total. The Labute approximate surface area is 95.2 Å². The zero-order chi connectivity index (χ0) is 11.1. The summed E-state index contributed by atoms with van der Waals surface area (Å²) >= 11 is 0. The fraction of sp³-hybridized carbons (Fsp3) is 1.00. The van der Waals surface area contributed by atoms with Crippen molar-refractivity contribution in [1.29, 1.82) is 0 Å². The minimum absolute atomic E-state index is 0.362. The van der Waals surface area contributed by atoms with E-state index in [-0.39, 0.29) is 0 Å². The van der Waals surface area contributed by atoms with Crippen molar-refractivity contribution in [2.24, 2.45) is 11.7 Å². The third kappa shape index (κ3) is 5.09. The van der Waals surface area contributed by atoms with E-state index in [0.29, 0.717) is 18.6 Å². The number of hydrogen-bond acceptors (Lipinski definition) is 3. The highest BCUT2D eigenvalue weighted by atomic mass is 32.2. The van der Waals surface area contributed by atoms with E-state index in [1.165, 1.54) is 12.8 Å². The quantitative estimate of drug-likeness (QED) is 0.674. The van der Waals surface area contributed by atoms with Crippen molar-refractivity contribution in [1.82, 2.24) is 0 Å². The summed E-state index contributed by atoms with van der Waals surface area (Å²) in [6, 6.07) is 0.362. The van der Waals surface area contributed by atoms with Crippen molar-refractivity contribution < 1.29 is 8.95 Å². The Morgan fingerprint density at radius 3 is 2.80 bits per heavy atom. The highest BCUT2D eigenvalue weighted by Crippen LogP contribution is 2.26. The van der Waals surface area contributed by atoms with E-state index in [2.05, 4.69) is 0 Å². The summed E-state index contributed by atoms with van der Waals surface area (Å²) in [4.78, 5) is 0. The second kappa shape index (κ2) is 7.36. The highest BCUT2D eigenvalue weighted by Gasteiger charge is 2.23. The first-order valence-corrected chi connectivity index (χ1v) is 7.32. The molecule has 0 bridgehead atoms. The fourth-order valence-corrected chi connectivity index (χ4v) is 3.38. The molecule has 0 spiro atoms. The van der Waals surface area contributed by atoms with Crippen LogP contribution in [0.25, 0.3) is 0 Å². The number of methoxy groups -OCH3 is 1. The van der Waals surface area contributed by atoms with Crippen LogP contribution in [0, 0.1) is 5.92 Å². The lowest BCUT2D eigenvalue weighted by atomic mass is 10.0. The number of rotatable bonds is 7. The van der Waals surface area contributed by atoms with Crippen LogP contribution in [0.15, 0.2) is 0 Å². The Balaban J connectivity index is 2.05. The second-order valence-corrected chi connectivity index (χ2v) is 6.03. The zero-order valence-electron chi connectivity index (χ0n) is 9.61. The summed E-state index contributed by atoms with van der Waals surface area (Å²) in [5, 5.41) is 0. The monoisotopic (exact) mass is 233 g/mol. The number of nitrogens with two attached hydrogens (primary N) is 1. The molecule has 0 radical (unpaired) electrons. The third-order valence-corrected chi connectivity index (χ3v) is 4.59. The van der Waals surface area contributed by atoms with Crippen LogP contribution in [0.5, 0.6) is 0 Å². The zero-order valence-corrected chi connectivity index (χ0v) is 10.4. The summed E-state index contributed by atoms with van der Waals surface area (Å²) in [6.07, 6.45) is 5.58. The average Bonchev–Trinajstić information content (AvgIpc) is 2.61.